The van der Waals surface area contributed by atoms with E-state index in [2.05, 4.69) is 27.8 Å². The van der Waals surface area contributed by atoms with Crippen LogP contribution in [0, 0.1) is 5.92 Å². The van der Waals surface area contributed by atoms with Crippen molar-refractivity contribution in [2.45, 2.75) is 102 Å². The Labute approximate surface area is 246 Å². The number of amides is 3. The van der Waals surface area contributed by atoms with Crippen LogP contribution in [0.3, 0.4) is 0 Å². The third kappa shape index (κ3) is 7.17. The van der Waals surface area contributed by atoms with Crippen molar-refractivity contribution < 1.29 is 23.9 Å². The highest BCUT2D eigenvalue weighted by Crippen LogP contribution is 2.36. The number of piperazine rings is 1. The van der Waals surface area contributed by atoms with E-state index in [4.69, 9.17) is 4.74 Å². The number of rotatable bonds is 7. The van der Waals surface area contributed by atoms with Crippen LogP contribution in [0.1, 0.15) is 94.2 Å². The molecule has 2 aliphatic heterocycles. The lowest BCUT2D eigenvalue weighted by Gasteiger charge is -2.45. The van der Waals surface area contributed by atoms with E-state index >= 15 is 0 Å². The average molecular weight is 594 g/mol. The Bertz CT molecular complexity index is 1100. The van der Waals surface area contributed by atoms with Crippen LogP contribution in [0.2, 0.25) is 0 Å². The first-order valence-electron chi connectivity index (χ1n) is 14.3. The summed E-state index contributed by atoms with van der Waals surface area (Å²) in [5.41, 5.74) is -0.400. The van der Waals surface area contributed by atoms with E-state index in [1.807, 2.05) is 4.90 Å². The standard InChI is InChI=1S/C28H43N5O5S2/c1-17(31(5)27(37)38-28(2,3)4)23(34)30-22(18-10-7-6-8-11-18)25(35)33-14-19-12-9-13-32(19)15-21(33)24-29-20(16-40-24)26(36)39/h16-19,21-22H,6-15H2,1-5H3,(H,30,34)(H,36,39)/t17-,19+,21-,22-/m0/s1. The lowest BCUT2D eigenvalue weighted by molar-refractivity contribution is -0.144. The number of ether oxygens (including phenoxy) is 1. The monoisotopic (exact) mass is 593 g/mol. The zero-order valence-electron chi connectivity index (χ0n) is 24.2. The van der Waals surface area contributed by atoms with Crippen LogP contribution in [0.5, 0.6) is 0 Å². The second-order valence-corrected chi connectivity index (χ2v) is 13.6. The van der Waals surface area contributed by atoms with Crippen molar-refractivity contribution in [3.05, 3.63) is 16.1 Å². The Morgan fingerprint density at radius 1 is 1.12 bits per heavy atom. The molecule has 0 spiro atoms. The molecule has 222 valence electrons. The highest BCUT2D eigenvalue weighted by Gasteiger charge is 2.44. The fraction of sp³-hybridized carbons (Fsp3) is 0.750. The summed E-state index contributed by atoms with van der Waals surface area (Å²) in [5, 5.41) is 5.07. The summed E-state index contributed by atoms with van der Waals surface area (Å²) in [4.78, 5) is 62.6. The third-order valence-electron chi connectivity index (χ3n) is 8.33. The highest BCUT2D eigenvalue weighted by atomic mass is 32.1. The van der Waals surface area contributed by atoms with Crippen LogP contribution in [-0.4, -0.2) is 93.1 Å². The van der Waals surface area contributed by atoms with Crippen LogP contribution in [0.15, 0.2) is 5.38 Å². The minimum Gasteiger partial charge on any atom is -0.444 e. The molecule has 0 aromatic carbocycles. The fourth-order valence-electron chi connectivity index (χ4n) is 5.98. The predicted molar refractivity (Wildman–Crippen MR) is 156 cm³/mol. The van der Waals surface area contributed by atoms with Gasteiger partial charge in [0.1, 0.15) is 28.4 Å². The lowest BCUT2D eigenvalue weighted by Crippen LogP contribution is -2.61. The molecule has 0 radical (unpaired) electrons. The number of aromatic nitrogens is 1. The Morgan fingerprint density at radius 3 is 2.45 bits per heavy atom. The number of thiazole rings is 1. The number of nitrogens with one attached hydrogen (secondary N) is 1. The van der Waals surface area contributed by atoms with Crippen molar-refractivity contribution in [2.75, 3.05) is 26.7 Å². The van der Waals surface area contributed by atoms with Gasteiger partial charge in [-0.25, -0.2) is 9.78 Å². The van der Waals surface area contributed by atoms with E-state index in [9.17, 15) is 19.2 Å². The number of fused-ring (bicyclic) bond motifs is 1. The van der Waals surface area contributed by atoms with Crippen LogP contribution in [-0.2, 0) is 14.3 Å². The third-order valence-corrected chi connectivity index (χ3v) is 9.50. The molecule has 0 unspecified atom stereocenters. The molecule has 4 rings (SSSR count). The van der Waals surface area contributed by atoms with Crippen molar-refractivity contribution in [2.24, 2.45) is 5.92 Å². The lowest BCUT2D eigenvalue weighted by atomic mass is 9.82. The van der Waals surface area contributed by atoms with Gasteiger partial charge in [-0.15, -0.1) is 11.3 Å². The van der Waals surface area contributed by atoms with E-state index in [1.165, 1.54) is 23.3 Å². The molecule has 1 aromatic heterocycles. The zero-order valence-corrected chi connectivity index (χ0v) is 25.9. The summed E-state index contributed by atoms with van der Waals surface area (Å²) in [6, 6.07) is -1.56. The quantitative estimate of drug-likeness (QED) is 0.462. The van der Waals surface area contributed by atoms with Gasteiger partial charge in [-0.2, -0.15) is 0 Å². The van der Waals surface area contributed by atoms with Crippen LogP contribution < -0.4 is 5.32 Å². The summed E-state index contributed by atoms with van der Waals surface area (Å²) < 4.78 is 5.45. The highest BCUT2D eigenvalue weighted by molar-refractivity contribution is 7.97. The number of hydrogen-bond acceptors (Lipinski definition) is 8. The molecular formula is C28H43N5O5S2. The predicted octanol–water partition coefficient (Wildman–Crippen LogP) is 3.88. The summed E-state index contributed by atoms with van der Waals surface area (Å²) in [6.07, 6.45) is 6.36. The molecule has 40 heavy (non-hydrogen) atoms. The Hall–Kier alpha value is -2.18. The van der Waals surface area contributed by atoms with Gasteiger partial charge in [0, 0.05) is 31.6 Å². The van der Waals surface area contributed by atoms with Gasteiger partial charge in [-0.1, -0.05) is 31.9 Å². The molecule has 0 bridgehead atoms. The molecule has 12 heteroatoms. The molecule has 1 N–H and O–H groups in total. The maximum absolute atomic E-state index is 14.4. The molecule has 1 saturated carbocycles. The zero-order chi connectivity index (χ0) is 29.2. The van der Waals surface area contributed by atoms with Crippen molar-refractivity contribution in [1.29, 1.82) is 0 Å². The molecule has 2 saturated heterocycles. The first-order chi connectivity index (χ1) is 18.9. The van der Waals surface area contributed by atoms with Gasteiger partial charge >= 0.3 is 6.09 Å². The minimum absolute atomic E-state index is 0.0114. The molecule has 3 amide bonds. The molecule has 1 aromatic rings. The summed E-state index contributed by atoms with van der Waals surface area (Å²) in [5.74, 6) is -0.485. The summed E-state index contributed by atoms with van der Waals surface area (Å²) in [7, 11) is 1.54. The topological polar surface area (TPSA) is 112 Å². The maximum atomic E-state index is 14.4. The van der Waals surface area contributed by atoms with E-state index in [0.717, 1.165) is 51.5 Å². The van der Waals surface area contributed by atoms with Gasteiger partial charge in [0.25, 0.3) is 0 Å². The van der Waals surface area contributed by atoms with Crippen molar-refractivity contribution in [3.8, 4) is 0 Å². The second-order valence-electron chi connectivity index (χ2n) is 12.3. The number of thiol groups is 1. The number of carbonyl (C=O) groups is 4. The molecule has 3 heterocycles. The molecule has 4 atom stereocenters. The smallest absolute Gasteiger partial charge is 0.410 e. The molecule has 3 fully saturated rings. The first-order valence-corrected chi connectivity index (χ1v) is 15.7. The van der Waals surface area contributed by atoms with Crippen LogP contribution in [0.25, 0.3) is 0 Å². The van der Waals surface area contributed by atoms with Gasteiger partial charge in [-0.05, 0) is 65.8 Å². The number of likely N-dealkylation sites (N-methyl/N-ethyl adjacent to an activating group) is 1. The number of hydrogen-bond donors (Lipinski definition) is 2. The van der Waals surface area contributed by atoms with Crippen LogP contribution >= 0.6 is 24.0 Å². The normalized spacial score (nSPS) is 23.7. The molecule has 1 aliphatic carbocycles. The van der Waals surface area contributed by atoms with Gasteiger partial charge in [-0.3, -0.25) is 24.2 Å². The van der Waals surface area contributed by atoms with E-state index in [0.29, 0.717) is 18.1 Å². The SMILES string of the molecule is C[C@@H](C(=O)N[C@H](C(=O)N1C[C@H]2CCCN2C[C@H]1c1nc(C(=O)S)cs1)C1CCCCC1)N(C)C(=O)OC(C)(C)C. The first kappa shape index (κ1) is 30.8. The average Bonchev–Trinajstić information content (AvgIpc) is 3.59. The van der Waals surface area contributed by atoms with Gasteiger partial charge in [0.15, 0.2) is 0 Å². The fourth-order valence-corrected chi connectivity index (χ4v) is 7.08. The van der Waals surface area contributed by atoms with E-state index in [1.54, 1.807) is 33.1 Å². The maximum Gasteiger partial charge on any atom is 0.410 e. The van der Waals surface area contributed by atoms with Gasteiger partial charge < -0.3 is 15.0 Å². The molecule has 10 nitrogen and oxygen atoms in total. The number of carbonyl (C=O) groups excluding carboxylic acids is 4. The van der Waals surface area contributed by atoms with Crippen molar-refractivity contribution in [1.82, 2.24) is 25.0 Å². The molecule has 3 aliphatic rings. The van der Waals surface area contributed by atoms with Gasteiger partial charge in [0.2, 0.25) is 16.9 Å². The van der Waals surface area contributed by atoms with Crippen molar-refractivity contribution >= 4 is 47.0 Å². The largest absolute Gasteiger partial charge is 0.444 e. The minimum atomic E-state index is -0.820. The van der Waals surface area contributed by atoms with E-state index < -0.39 is 28.9 Å². The Morgan fingerprint density at radius 2 is 1.82 bits per heavy atom. The number of nitrogens with zero attached hydrogens (tertiary/aromatic N) is 4. The van der Waals surface area contributed by atoms with E-state index in [-0.39, 0.29) is 35.5 Å². The van der Waals surface area contributed by atoms with Crippen molar-refractivity contribution in [3.63, 3.8) is 0 Å². The summed E-state index contributed by atoms with van der Waals surface area (Å²) in [6.45, 7) is 9.16. The second kappa shape index (κ2) is 12.8. The summed E-state index contributed by atoms with van der Waals surface area (Å²) >= 11 is 5.30. The Balaban J connectivity index is 1.58. The van der Waals surface area contributed by atoms with Crippen LogP contribution in [0.4, 0.5) is 4.79 Å². The Kier molecular flexibility index (Phi) is 9.82. The van der Waals surface area contributed by atoms with Gasteiger partial charge in [0.05, 0.1) is 6.04 Å². The molecular weight excluding hydrogens is 550 g/mol.